The molecule has 0 aliphatic rings. The molecule has 0 aliphatic heterocycles. The summed E-state index contributed by atoms with van der Waals surface area (Å²) in [5.74, 6) is 2.67. The maximum Gasteiger partial charge on any atom is 0.0599 e. The molecule has 0 saturated heterocycles. The SMILES string of the molecule is C#CCN(C)C(CC)CNCCC. The number of nitrogens with one attached hydrogen (secondary N) is 1. The summed E-state index contributed by atoms with van der Waals surface area (Å²) in [5.41, 5.74) is 0. The van der Waals surface area contributed by atoms with Gasteiger partial charge in [-0.2, -0.15) is 0 Å². The molecule has 13 heavy (non-hydrogen) atoms. The summed E-state index contributed by atoms with van der Waals surface area (Å²) in [6.45, 7) is 7.26. The van der Waals surface area contributed by atoms with Crippen molar-refractivity contribution in [2.45, 2.75) is 32.7 Å². The average Bonchev–Trinajstić information content (AvgIpc) is 2.13. The molecule has 0 aromatic rings. The van der Waals surface area contributed by atoms with E-state index in [0.29, 0.717) is 6.04 Å². The second-order valence-electron chi connectivity index (χ2n) is 3.39. The molecule has 0 spiro atoms. The van der Waals surface area contributed by atoms with E-state index < -0.39 is 0 Å². The molecular weight excluding hydrogens is 160 g/mol. The molecule has 0 aromatic heterocycles. The minimum atomic E-state index is 0.572. The van der Waals surface area contributed by atoms with Crippen LogP contribution in [0.4, 0.5) is 0 Å². The van der Waals surface area contributed by atoms with Gasteiger partial charge in [0.05, 0.1) is 6.54 Å². The van der Waals surface area contributed by atoms with Crippen molar-refractivity contribution in [3.63, 3.8) is 0 Å². The first-order valence-corrected chi connectivity index (χ1v) is 5.10. The summed E-state index contributed by atoms with van der Waals surface area (Å²) in [4.78, 5) is 2.22. The van der Waals surface area contributed by atoms with Crippen molar-refractivity contribution in [1.82, 2.24) is 10.2 Å². The van der Waals surface area contributed by atoms with E-state index in [9.17, 15) is 0 Å². The summed E-state index contributed by atoms with van der Waals surface area (Å²) >= 11 is 0. The van der Waals surface area contributed by atoms with Crippen LogP contribution < -0.4 is 5.32 Å². The minimum absolute atomic E-state index is 0.572. The van der Waals surface area contributed by atoms with Crippen LogP contribution in [-0.4, -0.2) is 37.6 Å². The largest absolute Gasteiger partial charge is 0.315 e. The van der Waals surface area contributed by atoms with E-state index in [1.165, 1.54) is 6.42 Å². The van der Waals surface area contributed by atoms with Gasteiger partial charge in [0, 0.05) is 12.6 Å². The summed E-state index contributed by atoms with van der Waals surface area (Å²) in [7, 11) is 2.08. The molecule has 0 aromatic carbocycles. The van der Waals surface area contributed by atoms with Crippen LogP contribution in [0, 0.1) is 12.3 Å². The molecule has 0 radical (unpaired) electrons. The molecule has 0 saturated carbocycles. The Hall–Kier alpha value is -0.520. The van der Waals surface area contributed by atoms with Crippen LogP contribution in [0.2, 0.25) is 0 Å². The van der Waals surface area contributed by atoms with Gasteiger partial charge in [0.1, 0.15) is 0 Å². The van der Waals surface area contributed by atoms with Crippen LogP contribution in [0.5, 0.6) is 0 Å². The predicted molar refractivity (Wildman–Crippen MR) is 58.7 cm³/mol. The summed E-state index contributed by atoms with van der Waals surface area (Å²) in [6, 6.07) is 0.572. The molecular formula is C11H22N2. The summed E-state index contributed by atoms with van der Waals surface area (Å²) in [5, 5.41) is 3.42. The number of hydrogen-bond acceptors (Lipinski definition) is 2. The van der Waals surface area contributed by atoms with Gasteiger partial charge in [0.25, 0.3) is 0 Å². The van der Waals surface area contributed by atoms with Crippen LogP contribution >= 0.6 is 0 Å². The van der Waals surface area contributed by atoms with E-state index in [2.05, 4.69) is 37.0 Å². The lowest BCUT2D eigenvalue weighted by molar-refractivity contribution is 0.255. The van der Waals surface area contributed by atoms with Crippen LogP contribution in [-0.2, 0) is 0 Å². The Morgan fingerprint density at radius 2 is 2.15 bits per heavy atom. The minimum Gasteiger partial charge on any atom is -0.315 e. The topological polar surface area (TPSA) is 15.3 Å². The molecule has 0 heterocycles. The van der Waals surface area contributed by atoms with Crippen LogP contribution in [0.1, 0.15) is 26.7 Å². The van der Waals surface area contributed by atoms with Crippen LogP contribution in [0.3, 0.4) is 0 Å². The molecule has 0 bridgehead atoms. The zero-order valence-electron chi connectivity index (χ0n) is 9.14. The number of likely N-dealkylation sites (N-methyl/N-ethyl adjacent to an activating group) is 1. The Labute approximate surface area is 82.7 Å². The Bertz CT molecular complexity index is 149. The van der Waals surface area contributed by atoms with Crippen molar-refractivity contribution in [2.24, 2.45) is 0 Å². The van der Waals surface area contributed by atoms with E-state index in [1.807, 2.05) is 0 Å². The van der Waals surface area contributed by atoms with Gasteiger partial charge in [-0.15, -0.1) is 6.42 Å². The number of terminal acetylenes is 1. The molecule has 2 heteroatoms. The highest BCUT2D eigenvalue weighted by atomic mass is 15.1. The first kappa shape index (κ1) is 12.5. The smallest absolute Gasteiger partial charge is 0.0599 e. The second-order valence-corrected chi connectivity index (χ2v) is 3.39. The van der Waals surface area contributed by atoms with Crippen molar-refractivity contribution in [3.05, 3.63) is 0 Å². The van der Waals surface area contributed by atoms with Crippen molar-refractivity contribution >= 4 is 0 Å². The van der Waals surface area contributed by atoms with Gasteiger partial charge in [0.2, 0.25) is 0 Å². The lowest BCUT2D eigenvalue weighted by atomic mass is 10.2. The number of rotatable bonds is 7. The van der Waals surface area contributed by atoms with Crippen molar-refractivity contribution < 1.29 is 0 Å². The highest BCUT2D eigenvalue weighted by molar-refractivity contribution is 4.89. The van der Waals surface area contributed by atoms with Gasteiger partial charge < -0.3 is 5.32 Å². The normalized spacial score (nSPS) is 12.8. The molecule has 1 unspecified atom stereocenters. The lowest BCUT2D eigenvalue weighted by Crippen LogP contribution is -2.40. The van der Waals surface area contributed by atoms with Gasteiger partial charge in [-0.1, -0.05) is 19.8 Å². The van der Waals surface area contributed by atoms with Crippen molar-refractivity contribution in [3.8, 4) is 12.3 Å². The Balaban J connectivity index is 3.68. The van der Waals surface area contributed by atoms with E-state index in [0.717, 1.165) is 26.1 Å². The molecule has 0 fully saturated rings. The fraction of sp³-hybridized carbons (Fsp3) is 0.818. The summed E-state index contributed by atoms with van der Waals surface area (Å²) in [6.07, 6.45) is 7.60. The molecule has 0 rings (SSSR count). The van der Waals surface area contributed by atoms with E-state index in [-0.39, 0.29) is 0 Å². The fourth-order valence-corrected chi connectivity index (χ4v) is 1.33. The van der Waals surface area contributed by atoms with Gasteiger partial charge >= 0.3 is 0 Å². The van der Waals surface area contributed by atoms with E-state index in [4.69, 9.17) is 6.42 Å². The third-order valence-corrected chi connectivity index (χ3v) is 2.24. The highest BCUT2D eigenvalue weighted by Gasteiger charge is 2.09. The highest BCUT2D eigenvalue weighted by Crippen LogP contribution is 1.99. The van der Waals surface area contributed by atoms with E-state index >= 15 is 0 Å². The Morgan fingerprint density at radius 3 is 2.62 bits per heavy atom. The van der Waals surface area contributed by atoms with Gasteiger partial charge in [-0.05, 0) is 26.4 Å². The van der Waals surface area contributed by atoms with Crippen LogP contribution in [0.15, 0.2) is 0 Å². The molecule has 2 nitrogen and oxygen atoms in total. The van der Waals surface area contributed by atoms with E-state index in [1.54, 1.807) is 0 Å². The second kappa shape index (κ2) is 8.10. The van der Waals surface area contributed by atoms with Gasteiger partial charge in [-0.25, -0.2) is 0 Å². The Kier molecular flexibility index (Phi) is 7.77. The third-order valence-electron chi connectivity index (χ3n) is 2.24. The average molecular weight is 182 g/mol. The molecule has 0 amide bonds. The Morgan fingerprint density at radius 1 is 1.46 bits per heavy atom. The van der Waals surface area contributed by atoms with Crippen molar-refractivity contribution in [2.75, 3.05) is 26.7 Å². The molecule has 76 valence electrons. The van der Waals surface area contributed by atoms with Crippen LogP contribution in [0.25, 0.3) is 0 Å². The van der Waals surface area contributed by atoms with Gasteiger partial charge in [-0.3, -0.25) is 4.90 Å². The molecule has 1 atom stereocenters. The third kappa shape index (κ3) is 5.68. The van der Waals surface area contributed by atoms with Gasteiger partial charge in [0.15, 0.2) is 0 Å². The lowest BCUT2D eigenvalue weighted by Gasteiger charge is -2.25. The monoisotopic (exact) mass is 182 g/mol. The number of hydrogen-bond donors (Lipinski definition) is 1. The maximum absolute atomic E-state index is 5.26. The standard InChI is InChI=1S/C11H22N2/c1-5-8-12-10-11(7-3)13(4)9-6-2/h2,11-12H,5,7-10H2,1,3-4H3. The zero-order chi connectivity index (χ0) is 10.1. The summed E-state index contributed by atoms with van der Waals surface area (Å²) < 4.78 is 0. The molecule has 1 N–H and O–H groups in total. The van der Waals surface area contributed by atoms with Crippen molar-refractivity contribution in [1.29, 1.82) is 0 Å². The molecule has 0 aliphatic carbocycles. The maximum atomic E-state index is 5.26. The quantitative estimate of drug-likeness (QED) is 0.472. The zero-order valence-corrected chi connectivity index (χ0v) is 9.14. The number of nitrogens with zero attached hydrogens (tertiary/aromatic N) is 1. The predicted octanol–water partition coefficient (Wildman–Crippen LogP) is 1.33. The first-order valence-electron chi connectivity index (χ1n) is 5.10. The fourth-order valence-electron chi connectivity index (χ4n) is 1.33. The first-order chi connectivity index (χ1) is 6.26.